The van der Waals surface area contributed by atoms with Crippen molar-refractivity contribution < 1.29 is 4.79 Å². The highest BCUT2D eigenvalue weighted by Crippen LogP contribution is 2.33. The SMILES string of the molecule is C=CC(=O)N1CCN(c2ccc(-c3cc(-c4cnn(-c5ccccc5)c4)cn4ncc(C#N)c34)cc2)CC1. The highest BCUT2D eigenvalue weighted by atomic mass is 16.2. The van der Waals surface area contributed by atoms with Crippen LogP contribution in [0.2, 0.25) is 0 Å². The van der Waals surface area contributed by atoms with Crippen LogP contribution in [0.5, 0.6) is 0 Å². The van der Waals surface area contributed by atoms with Crippen molar-refractivity contribution in [3.05, 3.63) is 104 Å². The number of nitriles is 1. The molecular weight excluding hydrogens is 474 g/mol. The smallest absolute Gasteiger partial charge is 0.246 e. The first-order valence-electron chi connectivity index (χ1n) is 12.4. The van der Waals surface area contributed by atoms with Crippen LogP contribution in [0.4, 0.5) is 5.69 Å². The Morgan fingerprint density at radius 1 is 0.868 bits per heavy atom. The molecule has 8 nitrogen and oxygen atoms in total. The molecule has 0 bridgehead atoms. The molecule has 0 spiro atoms. The van der Waals surface area contributed by atoms with Crippen molar-refractivity contribution in [3.63, 3.8) is 0 Å². The average Bonchev–Trinajstić information content (AvgIpc) is 3.65. The van der Waals surface area contributed by atoms with Gasteiger partial charge in [0.05, 0.1) is 29.2 Å². The Morgan fingerprint density at radius 3 is 2.34 bits per heavy atom. The summed E-state index contributed by atoms with van der Waals surface area (Å²) in [7, 11) is 0. The van der Waals surface area contributed by atoms with Crippen molar-refractivity contribution in [2.24, 2.45) is 0 Å². The standard InChI is InChI=1S/C30H25N7O/c1-2-29(38)35-14-12-34(13-15-35)26-10-8-22(9-11-26)28-16-23(20-37-30(28)24(17-31)18-33-37)25-19-32-36(21-25)27-6-4-3-5-7-27/h2-11,16,18-21H,1,12-15H2. The lowest BCUT2D eigenvalue weighted by Crippen LogP contribution is -2.48. The van der Waals surface area contributed by atoms with Crippen molar-refractivity contribution in [3.8, 4) is 34.0 Å². The van der Waals surface area contributed by atoms with Crippen molar-refractivity contribution in [1.82, 2.24) is 24.3 Å². The average molecular weight is 500 g/mol. The van der Waals surface area contributed by atoms with Gasteiger partial charge in [0, 0.05) is 61.0 Å². The number of carbonyl (C=O) groups excluding carboxylic acids is 1. The first-order chi connectivity index (χ1) is 18.6. The van der Waals surface area contributed by atoms with E-state index in [0.29, 0.717) is 18.7 Å². The van der Waals surface area contributed by atoms with Gasteiger partial charge in [-0.2, -0.15) is 15.5 Å². The van der Waals surface area contributed by atoms with E-state index in [0.717, 1.165) is 52.2 Å². The van der Waals surface area contributed by atoms with Crippen LogP contribution in [0.25, 0.3) is 33.5 Å². The van der Waals surface area contributed by atoms with Gasteiger partial charge in [-0.25, -0.2) is 9.20 Å². The summed E-state index contributed by atoms with van der Waals surface area (Å²) in [6, 6.07) is 22.7. The maximum Gasteiger partial charge on any atom is 0.246 e. The summed E-state index contributed by atoms with van der Waals surface area (Å²) < 4.78 is 3.62. The summed E-state index contributed by atoms with van der Waals surface area (Å²) in [5, 5.41) is 18.8. The number of amides is 1. The molecule has 5 aromatic rings. The largest absolute Gasteiger partial charge is 0.368 e. The Morgan fingerprint density at radius 2 is 1.63 bits per heavy atom. The predicted octanol–water partition coefficient (Wildman–Crippen LogP) is 4.56. The summed E-state index contributed by atoms with van der Waals surface area (Å²) >= 11 is 0. The highest BCUT2D eigenvalue weighted by molar-refractivity contribution is 5.88. The molecule has 1 aliphatic heterocycles. The number of fused-ring (bicyclic) bond motifs is 1. The number of para-hydroxylation sites is 1. The van der Waals surface area contributed by atoms with E-state index >= 15 is 0 Å². The lowest BCUT2D eigenvalue weighted by atomic mass is 9.99. The van der Waals surface area contributed by atoms with Crippen molar-refractivity contribution in [2.75, 3.05) is 31.1 Å². The number of pyridine rings is 1. The van der Waals surface area contributed by atoms with E-state index < -0.39 is 0 Å². The van der Waals surface area contributed by atoms with E-state index in [2.05, 4.69) is 58.1 Å². The third-order valence-corrected chi connectivity index (χ3v) is 6.98. The molecule has 6 rings (SSSR count). The Bertz CT molecular complexity index is 1670. The quantitative estimate of drug-likeness (QED) is 0.331. The molecule has 38 heavy (non-hydrogen) atoms. The molecule has 186 valence electrons. The van der Waals surface area contributed by atoms with E-state index in [-0.39, 0.29) is 5.91 Å². The Hall–Kier alpha value is -5.16. The maximum atomic E-state index is 11.9. The van der Waals surface area contributed by atoms with Crippen LogP contribution in [0, 0.1) is 11.3 Å². The van der Waals surface area contributed by atoms with Gasteiger partial charge >= 0.3 is 0 Å². The molecule has 0 atom stereocenters. The van der Waals surface area contributed by atoms with Crippen LogP contribution >= 0.6 is 0 Å². The molecule has 0 saturated carbocycles. The van der Waals surface area contributed by atoms with Crippen molar-refractivity contribution >= 4 is 17.1 Å². The van der Waals surface area contributed by atoms with Crippen LogP contribution in [0.15, 0.2) is 98.1 Å². The minimum Gasteiger partial charge on any atom is -0.368 e. The monoisotopic (exact) mass is 499 g/mol. The lowest BCUT2D eigenvalue weighted by molar-refractivity contribution is -0.126. The van der Waals surface area contributed by atoms with E-state index in [4.69, 9.17) is 0 Å². The van der Waals surface area contributed by atoms with Gasteiger partial charge in [0.2, 0.25) is 5.91 Å². The molecule has 3 aromatic heterocycles. The van der Waals surface area contributed by atoms with Crippen LogP contribution in [0.3, 0.4) is 0 Å². The Kier molecular flexibility index (Phi) is 5.94. The fraction of sp³-hybridized carbons (Fsp3) is 0.133. The van der Waals surface area contributed by atoms with Crippen molar-refractivity contribution in [1.29, 1.82) is 5.26 Å². The van der Waals surface area contributed by atoms with Crippen LogP contribution in [0.1, 0.15) is 5.56 Å². The zero-order valence-electron chi connectivity index (χ0n) is 20.7. The number of anilines is 1. The lowest BCUT2D eigenvalue weighted by Gasteiger charge is -2.35. The van der Waals surface area contributed by atoms with E-state index in [1.54, 1.807) is 10.7 Å². The third kappa shape index (κ3) is 4.20. The molecule has 1 amide bonds. The molecule has 0 unspecified atom stereocenters. The topological polar surface area (TPSA) is 82.5 Å². The normalized spacial score (nSPS) is 13.4. The van der Waals surface area contributed by atoms with Gasteiger partial charge in [-0.05, 0) is 42.0 Å². The zero-order chi connectivity index (χ0) is 26.1. The molecule has 0 aliphatic carbocycles. The number of rotatable bonds is 5. The van der Waals surface area contributed by atoms with Gasteiger partial charge in [0.1, 0.15) is 6.07 Å². The van der Waals surface area contributed by atoms with Gasteiger partial charge in [0.25, 0.3) is 0 Å². The summed E-state index contributed by atoms with van der Waals surface area (Å²) in [6.45, 7) is 6.47. The van der Waals surface area contributed by atoms with Gasteiger partial charge in [0.15, 0.2) is 0 Å². The molecule has 2 aromatic carbocycles. The zero-order valence-corrected chi connectivity index (χ0v) is 20.7. The number of aromatic nitrogens is 4. The Labute approximate surface area is 220 Å². The fourth-order valence-electron chi connectivity index (χ4n) is 4.94. The molecule has 1 fully saturated rings. The van der Waals surface area contributed by atoms with Gasteiger partial charge in [-0.15, -0.1) is 0 Å². The number of piperazine rings is 1. The molecule has 0 radical (unpaired) electrons. The molecule has 4 heterocycles. The predicted molar refractivity (Wildman–Crippen MR) is 147 cm³/mol. The molecule has 0 N–H and O–H groups in total. The first-order valence-corrected chi connectivity index (χ1v) is 12.4. The van der Waals surface area contributed by atoms with Gasteiger partial charge in [-0.3, -0.25) is 4.79 Å². The third-order valence-electron chi connectivity index (χ3n) is 6.98. The second-order valence-corrected chi connectivity index (χ2v) is 9.18. The highest BCUT2D eigenvalue weighted by Gasteiger charge is 2.20. The van der Waals surface area contributed by atoms with Crippen molar-refractivity contribution in [2.45, 2.75) is 0 Å². The number of hydrogen-bond acceptors (Lipinski definition) is 5. The van der Waals surface area contributed by atoms with E-state index in [9.17, 15) is 10.1 Å². The number of hydrogen-bond donors (Lipinski definition) is 0. The van der Waals surface area contributed by atoms with Gasteiger partial charge in [-0.1, -0.05) is 36.9 Å². The number of carbonyl (C=O) groups is 1. The summed E-state index contributed by atoms with van der Waals surface area (Å²) in [5.74, 6) is -0.0210. The maximum absolute atomic E-state index is 11.9. The molecule has 8 heteroatoms. The molecular formula is C30H25N7O. The first kappa shape index (κ1) is 23.3. The minimum atomic E-state index is -0.0210. The summed E-state index contributed by atoms with van der Waals surface area (Å²) in [4.78, 5) is 16.0. The van der Waals surface area contributed by atoms with E-state index in [1.165, 1.54) is 6.08 Å². The molecule has 1 saturated heterocycles. The van der Waals surface area contributed by atoms with Crippen LogP contribution in [-0.4, -0.2) is 56.4 Å². The number of nitrogens with zero attached hydrogens (tertiary/aromatic N) is 7. The minimum absolute atomic E-state index is 0.0210. The van der Waals surface area contributed by atoms with Crippen LogP contribution in [-0.2, 0) is 4.79 Å². The second kappa shape index (κ2) is 9.71. The summed E-state index contributed by atoms with van der Waals surface area (Å²) in [5.41, 5.74) is 7.21. The summed E-state index contributed by atoms with van der Waals surface area (Å²) in [6.07, 6.45) is 8.75. The van der Waals surface area contributed by atoms with E-state index in [1.807, 2.05) is 58.5 Å². The Balaban J connectivity index is 1.34. The second-order valence-electron chi connectivity index (χ2n) is 9.18. The van der Waals surface area contributed by atoms with Gasteiger partial charge < -0.3 is 9.80 Å². The fourth-order valence-corrected chi connectivity index (χ4v) is 4.94. The van der Waals surface area contributed by atoms with Crippen LogP contribution < -0.4 is 4.90 Å². The molecule has 1 aliphatic rings. The number of benzene rings is 2.